The van der Waals surface area contributed by atoms with E-state index in [4.69, 9.17) is 4.74 Å². The van der Waals surface area contributed by atoms with Crippen LogP contribution in [0.2, 0.25) is 0 Å². The van der Waals surface area contributed by atoms with E-state index in [1.807, 2.05) is 18.2 Å². The van der Waals surface area contributed by atoms with Gasteiger partial charge in [-0.1, -0.05) is 18.2 Å². The molecule has 1 N–H and O–H groups in total. The minimum absolute atomic E-state index is 0.00762. The number of ether oxygens (including phenoxy) is 1. The number of hydrogen-bond donors (Lipinski definition) is 1. The first kappa shape index (κ1) is 14.1. The lowest BCUT2D eigenvalue weighted by Gasteiger charge is -2.34. The summed E-state index contributed by atoms with van der Waals surface area (Å²) < 4.78 is 5.80. The highest BCUT2D eigenvalue weighted by atomic mass is 16.5. The highest BCUT2D eigenvalue weighted by Crippen LogP contribution is 2.39. The minimum atomic E-state index is -0.00762. The number of hydrogen-bond acceptors (Lipinski definition) is 3. The first-order chi connectivity index (χ1) is 10.8. The topological polar surface area (TPSA) is 41.6 Å². The van der Waals surface area contributed by atoms with E-state index in [0.717, 1.165) is 38.3 Å². The first-order valence-corrected chi connectivity index (χ1v) is 8.46. The van der Waals surface area contributed by atoms with Gasteiger partial charge >= 0.3 is 0 Å². The van der Waals surface area contributed by atoms with Gasteiger partial charge < -0.3 is 15.0 Å². The fourth-order valence-corrected chi connectivity index (χ4v) is 4.23. The monoisotopic (exact) mass is 300 g/mol. The molecule has 4 heteroatoms. The van der Waals surface area contributed by atoms with Gasteiger partial charge in [0.25, 0.3) is 0 Å². The van der Waals surface area contributed by atoms with Gasteiger partial charge in [0, 0.05) is 13.1 Å². The molecule has 1 amide bonds. The summed E-state index contributed by atoms with van der Waals surface area (Å²) in [7, 11) is 0. The molecule has 0 bridgehead atoms. The van der Waals surface area contributed by atoms with Crippen LogP contribution in [0.1, 0.15) is 24.8 Å². The maximum atomic E-state index is 12.9. The summed E-state index contributed by atoms with van der Waals surface area (Å²) in [5, 5.41) is 3.43. The molecule has 1 aromatic rings. The number of nitrogens with zero attached hydrogens (tertiary/aromatic N) is 1. The predicted octanol–water partition coefficient (Wildman–Crippen LogP) is 1.84. The Morgan fingerprint density at radius 1 is 1.23 bits per heavy atom. The molecule has 0 radical (unpaired) electrons. The average molecular weight is 300 g/mol. The summed E-state index contributed by atoms with van der Waals surface area (Å²) in [6, 6.07) is 8.08. The van der Waals surface area contributed by atoms with Crippen molar-refractivity contribution >= 4 is 5.91 Å². The van der Waals surface area contributed by atoms with Gasteiger partial charge in [-0.25, -0.2) is 0 Å². The van der Waals surface area contributed by atoms with Gasteiger partial charge in [-0.15, -0.1) is 0 Å². The van der Waals surface area contributed by atoms with Crippen LogP contribution >= 0.6 is 0 Å². The summed E-state index contributed by atoms with van der Waals surface area (Å²) in [5.41, 5.74) is 1.55. The van der Waals surface area contributed by atoms with Gasteiger partial charge in [-0.05, 0) is 55.8 Å². The molecule has 0 saturated carbocycles. The van der Waals surface area contributed by atoms with E-state index in [2.05, 4.69) is 16.3 Å². The predicted molar refractivity (Wildman–Crippen MR) is 84.9 cm³/mol. The third kappa shape index (κ3) is 2.50. The van der Waals surface area contributed by atoms with Crippen LogP contribution in [0.5, 0.6) is 5.75 Å². The van der Waals surface area contributed by atoms with E-state index in [9.17, 15) is 4.79 Å². The lowest BCUT2D eigenvalue weighted by Crippen LogP contribution is -2.43. The van der Waals surface area contributed by atoms with Crippen molar-refractivity contribution in [3.8, 4) is 5.75 Å². The Hall–Kier alpha value is -1.55. The fraction of sp³-hybridized carbons (Fsp3) is 0.611. The summed E-state index contributed by atoms with van der Waals surface area (Å²) in [5.74, 6) is 1.24. The first-order valence-electron chi connectivity index (χ1n) is 8.46. The van der Waals surface area contributed by atoms with Crippen molar-refractivity contribution in [1.82, 2.24) is 10.2 Å². The van der Waals surface area contributed by atoms with E-state index < -0.39 is 0 Å². The van der Waals surface area contributed by atoms with Gasteiger partial charge in [0.05, 0.1) is 5.92 Å². The van der Waals surface area contributed by atoms with Crippen LogP contribution in [0.3, 0.4) is 0 Å². The Bertz CT molecular complexity index is 566. The Morgan fingerprint density at radius 3 is 2.91 bits per heavy atom. The zero-order valence-electron chi connectivity index (χ0n) is 13.0. The van der Waals surface area contributed by atoms with Crippen LogP contribution in [0, 0.1) is 11.3 Å². The summed E-state index contributed by atoms with van der Waals surface area (Å²) in [6.45, 7) is 4.60. The molecule has 1 spiro atoms. The van der Waals surface area contributed by atoms with Crippen LogP contribution in [-0.4, -0.2) is 43.6 Å². The van der Waals surface area contributed by atoms with Crippen LogP contribution in [-0.2, 0) is 11.2 Å². The number of para-hydroxylation sites is 1. The van der Waals surface area contributed by atoms with E-state index in [1.54, 1.807) is 0 Å². The maximum Gasteiger partial charge on any atom is 0.229 e. The molecule has 4 rings (SSSR count). The molecule has 2 fully saturated rings. The molecule has 0 aromatic heterocycles. The van der Waals surface area contributed by atoms with Crippen molar-refractivity contribution in [2.45, 2.75) is 25.7 Å². The zero-order valence-corrected chi connectivity index (χ0v) is 13.0. The molecular formula is C18H24N2O2. The number of carbonyl (C=O) groups is 1. The zero-order chi connectivity index (χ0) is 15.0. The lowest BCUT2D eigenvalue weighted by atomic mass is 9.78. The molecule has 3 aliphatic rings. The highest BCUT2D eigenvalue weighted by molar-refractivity contribution is 5.80. The van der Waals surface area contributed by atoms with Crippen molar-refractivity contribution < 1.29 is 9.53 Å². The summed E-state index contributed by atoms with van der Waals surface area (Å²) in [4.78, 5) is 15.0. The van der Waals surface area contributed by atoms with E-state index in [0.29, 0.717) is 17.9 Å². The van der Waals surface area contributed by atoms with Gasteiger partial charge in [0.1, 0.15) is 12.4 Å². The molecule has 4 nitrogen and oxygen atoms in total. The Kier molecular flexibility index (Phi) is 3.57. The number of rotatable bonds is 1. The second-order valence-corrected chi connectivity index (χ2v) is 7.08. The molecule has 3 heterocycles. The van der Waals surface area contributed by atoms with Crippen LogP contribution < -0.4 is 10.1 Å². The standard InChI is InChI=1S/C18H24N2O2/c21-17(15-11-14-3-1-2-4-16(14)22-12-15)20-10-7-18(13-20)5-8-19-9-6-18/h1-4,15,19H,5-13H2. The smallest absolute Gasteiger partial charge is 0.229 e. The highest BCUT2D eigenvalue weighted by Gasteiger charge is 2.42. The molecule has 1 atom stereocenters. The SMILES string of the molecule is O=C(C1COc2ccccc2C1)N1CCC2(CCNCC2)C1. The fourth-order valence-electron chi connectivity index (χ4n) is 4.23. The number of fused-ring (bicyclic) bond motifs is 1. The largest absolute Gasteiger partial charge is 0.492 e. The van der Waals surface area contributed by atoms with Crippen molar-refractivity contribution in [2.75, 3.05) is 32.8 Å². The minimum Gasteiger partial charge on any atom is -0.492 e. The summed E-state index contributed by atoms with van der Waals surface area (Å²) in [6.07, 6.45) is 4.41. The van der Waals surface area contributed by atoms with Gasteiger partial charge in [0.2, 0.25) is 5.91 Å². The number of carbonyl (C=O) groups excluding carboxylic acids is 1. The normalized spacial score (nSPS) is 26.5. The van der Waals surface area contributed by atoms with Crippen molar-refractivity contribution in [3.63, 3.8) is 0 Å². The molecule has 3 aliphatic heterocycles. The Labute approximate surface area is 131 Å². The van der Waals surface area contributed by atoms with Gasteiger partial charge in [-0.2, -0.15) is 0 Å². The van der Waals surface area contributed by atoms with Gasteiger partial charge in [0.15, 0.2) is 0 Å². The van der Waals surface area contributed by atoms with E-state index in [1.165, 1.54) is 24.8 Å². The molecule has 2 saturated heterocycles. The Morgan fingerprint density at radius 2 is 2.05 bits per heavy atom. The third-order valence-electron chi connectivity index (χ3n) is 5.64. The van der Waals surface area contributed by atoms with Crippen LogP contribution in [0.25, 0.3) is 0 Å². The molecule has 118 valence electrons. The van der Waals surface area contributed by atoms with Crippen LogP contribution in [0.15, 0.2) is 24.3 Å². The van der Waals surface area contributed by atoms with E-state index >= 15 is 0 Å². The second-order valence-electron chi connectivity index (χ2n) is 7.08. The van der Waals surface area contributed by atoms with Crippen LogP contribution in [0.4, 0.5) is 0 Å². The second kappa shape index (κ2) is 5.58. The molecule has 1 unspecified atom stereocenters. The molecule has 0 aliphatic carbocycles. The van der Waals surface area contributed by atoms with E-state index in [-0.39, 0.29) is 5.92 Å². The average Bonchev–Trinajstić information content (AvgIpc) is 2.98. The number of benzene rings is 1. The Balaban J connectivity index is 1.43. The van der Waals surface area contributed by atoms with Crippen molar-refractivity contribution in [2.24, 2.45) is 11.3 Å². The number of likely N-dealkylation sites (tertiary alicyclic amines) is 1. The quantitative estimate of drug-likeness (QED) is 0.860. The van der Waals surface area contributed by atoms with Crippen molar-refractivity contribution in [3.05, 3.63) is 29.8 Å². The molecule has 22 heavy (non-hydrogen) atoms. The molecular weight excluding hydrogens is 276 g/mol. The lowest BCUT2D eigenvalue weighted by molar-refractivity contribution is -0.136. The van der Waals surface area contributed by atoms with Crippen molar-refractivity contribution in [1.29, 1.82) is 0 Å². The van der Waals surface area contributed by atoms with Gasteiger partial charge in [-0.3, -0.25) is 4.79 Å². The number of amides is 1. The maximum absolute atomic E-state index is 12.9. The molecule has 1 aromatic carbocycles. The summed E-state index contributed by atoms with van der Waals surface area (Å²) >= 11 is 0. The third-order valence-corrected chi connectivity index (χ3v) is 5.64. The number of nitrogens with one attached hydrogen (secondary N) is 1. The number of piperidine rings is 1.